The van der Waals surface area contributed by atoms with Gasteiger partial charge in [0.25, 0.3) is 0 Å². The second-order valence-electron chi connectivity index (χ2n) is 6.49. The molecule has 2 saturated carbocycles. The van der Waals surface area contributed by atoms with Crippen LogP contribution >= 0.6 is 0 Å². The molecular formula is C15H27F2N. The van der Waals surface area contributed by atoms with Gasteiger partial charge in [-0.05, 0) is 56.4 Å². The minimum Gasteiger partial charge on any atom is -0.314 e. The van der Waals surface area contributed by atoms with Gasteiger partial charge < -0.3 is 5.32 Å². The molecule has 0 spiro atoms. The monoisotopic (exact) mass is 259 g/mol. The summed E-state index contributed by atoms with van der Waals surface area (Å²) in [6, 6.07) is 0.485. The van der Waals surface area contributed by atoms with E-state index in [2.05, 4.69) is 19.2 Å². The van der Waals surface area contributed by atoms with Gasteiger partial charge in [0.15, 0.2) is 0 Å². The molecule has 0 amide bonds. The van der Waals surface area contributed by atoms with Gasteiger partial charge in [-0.2, -0.15) is 0 Å². The largest absolute Gasteiger partial charge is 0.314 e. The molecule has 2 aliphatic rings. The first-order valence-corrected chi connectivity index (χ1v) is 7.63. The third-order valence-electron chi connectivity index (χ3n) is 4.67. The lowest BCUT2D eigenvalue weighted by Crippen LogP contribution is -2.36. The molecule has 0 bridgehead atoms. The van der Waals surface area contributed by atoms with Crippen LogP contribution in [-0.2, 0) is 0 Å². The second-order valence-corrected chi connectivity index (χ2v) is 6.49. The molecule has 4 unspecified atom stereocenters. The van der Waals surface area contributed by atoms with E-state index in [1.54, 1.807) is 0 Å². The maximum absolute atomic E-state index is 13.4. The Morgan fingerprint density at radius 2 is 2.11 bits per heavy atom. The fourth-order valence-electron chi connectivity index (χ4n) is 3.49. The van der Waals surface area contributed by atoms with Gasteiger partial charge in [-0.3, -0.25) is 0 Å². The van der Waals surface area contributed by atoms with Crippen LogP contribution in [0.15, 0.2) is 0 Å². The van der Waals surface area contributed by atoms with Crippen molar-refractivity contribution in [1.82, 2.24) is 5.32 Å². The van der Waals surface area contributed by atoms with Crippen molar-refractivity contribution in [2.45, 2.75) is 70.8 Å². The van der Waals surface area contributed by atoms with E-state index in [0.717, 1.165) is 37.6 Å². The van der Waals surface area contributed by atoms with Crippen LogP contribution < -0.4 is 5.32 Å². The highest BCUT2D eigenvalue weighted by Crippen LogP contribution is 2.45. The molecule has 0 aromatic rings. The number of rotatable bonds is 6. The van der Waals surface area contributed by atoms with Crippen LogP contribution in [-0.4, -0.2) is 18.5 Å². The zero-order chi connectivity index (χ0) is 13.2. The van der Waals surface area contributed by atoms with Crippen molar-refractivity contribution in [2.24, 2.45) is 17.8 Å². The van der Waals surface area contributed by atoms with Crippen molar-refractivity contribution in [3.8, 4) is 0 Å². The molecular weight excluding hydrogens is 232 g/mol. The van der Waals surface area contributed by atoms with Crippen LogP contribution in [0.2, 0.25) is 0 Å². The Hall–Kier alpha value is -0.180. The number of alkyl halides is 2. The fourth-order valence-corrected chi connectivity index (χ4v) is 3.49. The summed E-state index contributed by atoms with van der Waals surface area (Å²) >= 11 is 0. The second kappa shape index (κ2) is 5.85. The van der Waals surface area contributed by atoms with Gasteiger partial charge in [-0.25, -0.2) is 8.78 Å². The van der Waals surface area contributed by atoms with Gasteiger partial charge in [0.05, 0.1) is 0 Å². The van der Waals surface area contributed by atoms with Crippen LogP contribution in [0, 0.1) is 17.8 Å². The van der Waals surface area contributed by atoms with Gasteiger partial charge in [0, 0.05) is 18.9 Å². The molecule has 4 atom stereocenters. The number of nitrogens with one attached hydrogen (secondary N) is 1. The Morgan fingerprint density at radius 3 is 2.67 bits per heavy atom. The molecule has 106 valence electrons. The maximum Gasteiger partial charge on any atom is 0.248 e. The Bertz CT molecular complexity index is 267. The lowest BCUT2D eigenvalue weighted by Gasteiger charge is -2.32. The van der Waals surface area contributed by atoms with E-state index in [9.17, 15) is 8.78 Å². The number of hydrogen-bond acceptors (Lipinski definition) is 1. The Kier molecular flexibility index (Phi) is 4.63. The molecule has 18 heavy (non-hydrogen) atoms. The minimum absolute atomic E-state index is 0.108. The third kappa shape index (κ3) is 3.91. The number of halogens is 2. The summed E-state index contributed by atoms with van der Waals surface area (Å²) in [6.07, 6.45) is 5.31. The van der Waals surface area contributed by atoms with E-state index >= 15 is 0 Å². The van der Waals surface area contributed by atoms with Crippen molar-refractivity contribution in [3.05, 3.63) is 0 Å². The summed E-state index contributed by atoms with van der Waals surface area (Å²) in [5.74, 6) is -0.626. The quantitative estimate of drug-likeness (QED) is 0.753. The summed E-state index contributed by atoms with van der Waals surface area (Å²) < 4.78 is 26.9. The van der Waals surface area contributed by atoms with Crippen molar-refractivity contribution in [2.75, 3.05) is 6.54 Å². The summed E-state index contributed by atoms with van der Waals surface area (Å²) in [4.78, 5) is 0. The molecule has 2 rings (SSSR count). The smallest absolute Gasteiger partial charge is 0.248 e. The third-order valence-corrected chi connectivity index (χ3v) is 4.67. The van der Waals surface area contributed by atoms with Crippen LogP contribution in [0.3, 0.4) is 0 Å². The van der Waals surface area contributed by atoms with Crippen molar-refractivity contribution >= 4 is 0 Å². The highest BCUT2D eigenvalue weighted by molar-refractivity contribution is 4.94. The predicted octanol–water partition coefficient (Wildman–Crippen LogP) is 4.23. The summed E-state index contributed by atoms with van der Waals surface area (Å²) in [5.41, 5.74) is 0. The van der Waals surface area contributed by atoms with E-state index in [1.807, 2.05) is 0 Å². The van der Waals surface area contributed by atoms with Crippen LogP contribution in [0.1, 0.15) is 58.8 Å². The van der Waals surface area contributed by atoms with Gasteiger partial charge >= 0.3 is 0 Å². The van der Waals surface area contributed by atoms with Crippen LogP contribution in [0.4, 0.5) is 8.78 Å². The number of hydrogen-bond donors (Lipinski definition) is 1. The topological polar surface area (TPSA) is 12.0 Å². The normalized spacial score (nSPS) is 36.3. The van der Waals surface area contributed by atoms with Gasteiger partial charge in [0.2, 0.25) is 5.92 Å². The Balaban J connectivity index is 1.83. The predicted molar refractivity (Wildman–Crippen MR) is 70.9 cm³/mol. The lowest BCUT2D eigenvalue weighted by atomic mass is 9.81. The van der Waals surface area contributed by atoms with Crippen molar-refractivity contribution in [3.63, 3.8) is 0 Å². The van der Waals surface area contributed by atoms with Crippen molar-refractivity contribution < 1.29 is 8.78 Å². The van der Waals surface area contributed by atoms with Crippen LogP contribution in [0.25, 0.3) is 0 Å². The maximum atomic E-state index is 13.4. The van der Waals surface area contributed by atoms with Gasteiger partial charge in [-0.1, -0.05) is 13.8 Å². The molecule has 0 aromatic heterocycles. The van der Waals surface area contributed by atoms with E-state index in [1.165, 1.54) is 6.42 Å². The summed E-state index contributed by atoms with van der Waals surface area (Å²) in [5, 5.41) is 3.59. The first-order chi connectivity index (χ1) is 8.52. The highest BCUT2D eigenvalue weighted by Gasteiger charge is 2.42. The average molecular weight is 259 g/mol. The first-order valence-electron chi connectivity index (χ1n) is 7.63. The molecule has 3 heteroatoms. The summed E-state index contributed by atoms with van der Waals surface area (Å²) in [7, 11) is 0. The van der Waals surface area contributed by atoms with E-state index in [-0.39, 0.29) is 18.8 Å². The molecule has 1 nitrogen and oxygen atoms in total. The van der Waals surface area contributed by atoms with E-state index in [4.69, 9.17) is 0 Å². The fraction of sp³-hybridized carbons (Fsp3) is 1.00. The molecule has 0 saturated heterocycles. The molecule has 2 aliphatic carbocycles. The Morgan fingerprint density at radius 1 is 1.39 bits per heavy atom. The minimum atomic E-state index is -2.40. The zero-order valence-electron chi connectivity index (χ0n) is 11.7. The Labute approximate surface area is 110 Å². The molecule has 0 aromatic carbocycles. The summed E-state index contributed by atoms with van der Waals surface area (Å²) in [6.45, 7) is 5.47. The van der Waals surface area contributed by atoms with E-state index < -0.39 is 5.92 Å². The van der Waals surface area contributed by atoms with E-state index in [0.29, 0.717) is 12.5 Å². The van der Waals surface area contributed by atoms with Gasteiger partial charge in [0.1, 0.15) is 0 Å². The van der Waals surface area contributed by atoms with Crippen molar-refractivity contribution in [1.29, 1.82) is 0 Å². The first kappa shape index (κ1) is 14.2. The lowest BCUT2D eigenvalue weighted by molar-refractivity contribution is -0.0551. The molecule has 0 heterocycles. The van der Waals surface area contributed by atoms with Gasteiger partial charge in [-0.15, -0.1) is 0 Å². The molecule has 1 N–H and O–H groups in total. The SMILES string of the molecule is CCCNC(CC1CCCC(F)(F)C1)C1CC1C. The molecule has 0 aliphatic heterocycles. The zero-order valence-corrected chi connectivity index (χ0v) is 11.7. The molecule has 0 radical (unpaired) electrons. The standard InChI is InChI=1S/C15H27F2N/c1-3-7-18-14(13-8-11(13)2)9-12-5-4-6-15(16,17)10-12/h11-14,18H,3-10H2,1-2H3. The molecule has 2 fully saturated rings. The highest BCUT2D eigenvalue weighted by atomic mass is 19.3. The van der Waals surface area contributed by atoms with Crippen LogP contribution in [0.5, 0.6) is 0 Å². The average Bonchev–Trinajstić information content (AvgIpc) is 3.00.